The zero-order valence-corrected chi connectivity index (χ0v) is 32.4. The summed E-state index contributed by atoms with van der Waals surface area (Å²) in [5.41, 5.74) is 13.0. The van der Waals surface area contributed by atoms with E-state index in [2.05, 4.69) is 131 Å². The third kappa shape index (κ3) is 7.75. The molecule has 0 fully saturated rings. The van der Waals surface area contributed by atoms with Crippen LogP contribution in [0.4, 0.5) is 0 Å². The molecule has 10 aromatic rings. The molecule has 2 aromatic heterocycles. The number of hydrogen-bond acceptors (Lipinski definition) is 4. The van der Waals surface area contributed by atoms with Crippen molar-refractivity contribution < 1.29 is 20.2 Å². The van der Waals surface area contributed by atoms with E-state index in [0.29, 0.717) is 11.1 Å². The first-order chi connectivity index (χ1) is 27.6. The molecule has 0 bridgehead atoms. The van der Waals surface area contributed by atoms with Crippen molar-refractivity contribution in [1.82, 2.24) is 0 Å². The van der Waals surface area contributed by atoms with E-state index in [1.54, 1.807) is 46.9 Å². The molecule has 7 heteroatoms. The Morgan fingerprint density at radius 3 is 0.912 bits per heavy atom. The van der Waals surface area contributed by atoms with Gasteiger partial charge in [-0.05, 0) is 68.8 Å². The minimum Gasteiger partial charge on any atom is -0.872 e. The van der Waals surface area contributed by atoms with E-state index < -0.39 is 0 Å². The summed E-state index contributed by atoms with van der Waals surface area (Å²) in [6.45, 7) is 0. The number of thiazole rings is 2. The Balaban J connectivity index is 0.000000157. The molecule has 0 saturated carbocycles. The molecule has 0 atom stereocenters. The fourth-order valence-corrected chi connectivity index (χ4v) is 9.13. The molecule has 0 aliphatic heterocycles. The van der Waals surface area contributed by atoms with E-state index in [0.717, 1.165) is 30.4 Å². The molecule has 57 heavy (non-hydrogen) atoms. The van der Waals surface area contributed by atoms with Crippen molar-refractivity contribution in [1.29, 1.82) is 0 Å². The SMILES string of the molecule is [Be+2].[O-]c1ccccc1-c1[nH+]c2cc(-c3ccccc3)c(-c3ccccc3)cc2s1.[O-]c1ccccc1-c1[nH+]c2cc(-c3ccccc3)c(-c3ccccc3)cc2s1. The van der Waals surface area contributed by atoms with Crippen LogP contribution in [0.1, 0.15) is 0 Å². The second-order valence-electron chi connectivity index (χ2n) is 13.4. The number of aromatic amines is 2. The smallest absolute Gasteiger partial charge is 0.872 e. The molecule has 0 unspecified atom stereocenters. The summed E-state index contributed by atoms with van der Waals surface area (Å²) in [7, 11) is 0. The van der Waals surface area contributed by atoms with Crippen molar-refractivity contribution in [3.8, 4) is 77.1 Å². The first kappa shape index (κ1) is 37.2. The second kappa shape index (κ2) is 16.6. The first-order valence-electron chi connectivity index (χ1n) is 18.3. The predicted molar refractivity (Wildman–Crippen MR) is 234 cm³/mol. The topological polar surface area (TPSA) is 74.4 Å². The van der Waals surface area contributed by atoms with E-state index in [9.17, 15) is 10.2 Å². The summed E-state index contributed by atoms with van der Waals surface area (Å²) >= 11 is 3.24. The maximum Gasteiger partial charge on any atom is 2.00 e. The van der Waals surface area contributed by atoms with Crippen LogP contribution in [0.2, 0.25) is 0 Å². The fraction of sp³-hybridized carbons (Fsp3) is 0. The van der Waals surface area contributed by atoms with Crippen molar-refractivity contribution in [3.05, 3.63) is 194 Å². The Bertz CT molecular complexity index is 2580. The quantitative estimate of drug-likeness (QED) is 0.158. The minimum absolute atomic E-state index is 0. The Labute approximate surface area is 342 Å². The summed E-state index contributed by atoms with van der Waals surface area (Å²) in [5, 5.41) is 26.3. The summed E-state index contributed by atoms with van der Waals surface area (Å²) < 4.78 is 2.27. The van der Waals surface area contributed by atoms with Gasteiger partial charge in [-0.25, -0.2) is 0 Å². The molecule has 4 nitrogen and oxygen atoms in total. The Morgan fingerprint density at radius 1 is 0.316 bits per heavy atom. The van der Waals surface area contributed by atoms with E-state index in [1.165, 1.54) is 44.5 Å². The predicted octanol–water partition coefficient (Wildman–Crippen LogP) is 11.2. The molecule has 0 radical (unpaired) electrons. The van der Waals surface area contributed by atoms with Gasteiger partial charge in [0, 0.05) is 23.3 Å². The normalized spacial score (nSPS) is 10.8. The van der Waals surface area contributed by atoms with E-state index in [4.69, 9.17) is 0 Å². The van der Waals surface area contributed by atoms with E-state index >= 15 is 0 Å². The average Bonchev–Trinajstić information content (AvgIpc) is 3.88. The zero-order chi connectivity index (χ0) is 37.8. The Morgan fingerprint density at radius 2 is 0.596 bits per heavy atom. The standard InChI is InChI=1S/2C25H17NOS.Be/c2*27-23-14-8-7-13-19(23)25-26-22-15-20(17-9-3-1-4-10-17)21(16-24(22)28-25)18-11-5-2-6-12-18;/h2*1-16,27H;/q;;+2. The van der Waals surface area contributed by atoms with Gasteiger partial charge in [-0.3, -0.25) is 0 Å². The molecule has 0 spiro atoms. The summed E-state index contributed by atoms with van der Waals surface area (Å²) in [4.78, 5) is 6.92. The molecule has 0 amide bonds. The van der Waals surface area contributed by atoms with Crippen LogP contribution in [0, 0.1) is 0 Å². The van der Waals surface area contributed by atoms with Crippen LogP contribution in [0.15, 0.2) is 194 Å². The molecule has 0 aliphatic carbocycles. The Kier molecular flexibility index (Phi) is 10.8. The molecule has 0 saturated heterocycles. The van der Waals surface area contributed by atoms with Gasteiger partial charge in [0.2, 0.25) is 11.0 Å². The van der Waals surface area contributed by atoms with Gasteiger partial charge in [-0.2, -0.15) is 9.97 Å². The van der Waals surface area contributed by atoms with Crippen LogP contribution in [0.5, 0.6) is 11.5 Å². The third-order valence-electron chi connectivity index (χ3n) is 9.76. The molecule has 8 aromatic carbocycles. The number of benzene rings is 8. The van der Waals surface area contributed by atoms with Crippen LogP contribution >= 0.6 is 22.7 Å². The maximum absolute atomic E-state index is 12.3. The molecule has 0 aliphatic rings. The van der Waals surface area contributed by atoms with E-state index in [-0.39, 0.29) is 21.6 Å². The zero-order valence-electron chi connectivity index (χ0n) is 30.8. The van der Waals surface area contributed by atoms with Gasteiger partial charge in [-0.15, -0.1) is 0 Å². The van der Waals surface area contributed by atoms with Crippen LogP contribution in [-0.2, 0) is 0 Å². The monoisotopic (exact) mass is 767 g/mol. The number of nitrogens with one attached hydrogen (secondary N) is 2. The van der Waals surface area contributed by atoms with Crippen molar-refractivity contribution in [2.45, 2.75) is 0 Å². The van der Waals surface area contributed by atoms with Gasteiger partial charge >= 0.3 is 10.1 Å². The van der Waals surface area contributed by atoms with Gasteiger partial charge in [0.25, 0.3) is 10.0 Å². The van der Waals surface area contributed by atoms with Crippen molar-refractivity contribution in [2.75, 3.05) is 0 Å². The number of H-pyrrole nitrogens is 2. The molecule has 2 heterocycles. The molecular formula is C50H34BeN2O2S2+2. The van der Waals surface area contributed by atoms with Crippen LogP contribution < -0.4 is 20.2 Å². The molecule has 10 rings (SSSR count). The maximum atomic E-state index is 12.3. The average molecular weight is 768 g/mol. The van der Waals surface area contributed by atoms with Crippen molar-refractivity contribution in [2.24, 2.45) is 0 Å². The van der Waals surface area contributed by atoms with Gasteiger partial charge in [-0.1, -0.05) is 192 Å². The molecular weight excluding hydrogens is 734 g/mol. The molecule has 2 N–H and O–H groups in total. The van der Waals surface area contributed by atoms with Crippen molar-refractivity contribution in [3.63, 3.8) is 0 Å². The summed E-state index contributed by atoms with van der Waals surface area (Å²) in [5.74, 6) is 0.0775. The largest absolute Gasteiger partial charge is 2.00 e. The van der Waals surface area contributed by atoms with Gasteiger partial charge in [0.05, 0.1) is 0 Å². The van der Waals surface area contributed by atoms with E-state index in [1.807, 2.05) is 48.5 Å². The number of hydrogen-bond donors (Lipinski definition) is 0. The number of fused-ring (bicyclic) bond motifs is 2. The first-order valence-corrected chi connectivity index (χ1v) is 20.0. The van der Waals surface area contributed by atoms with Crippen LogP contribution in [0.3, 0.4) is 0 Å². The Hall–Kier alpha value is -6.69. The minimum atomic E-state index is 0. The van der Waals surface area contributed by atoms with Crippen LogP contribution in [-0.4, -0.2) is 10.1 Å². The fourth-order valence-electron chi connectivity index (χ4n) is 7.02. The number of para-hydroxylation sites is 2. The van der Waals surface area contributed by atoms with Crippen LogP contribution in [0.25, 0.3) is 86.1 Å². The molecule has 268 valence electrons. The van der Waals surface area contributed by atoms with Gasteiger partial charge in [0.15, 0.2) is 0 Å². The third-order valence-corrected chi connectivity index (χ3v) is 11.9. The number of rotatable bonds is 6. The van der Waals surface area contributed by atoms with Gasteiger partial charge in [0.1, 0.15) is 9.40 Å². The number of aromatic nitrogens is 2. The summed E-state index contributed by atoms with van der Waals surface area (Å²) in [6, 6.07) is 64.9. The summed E-state index contributed by atoms with van der Waals surface area (Å²) in [6.07, 6.45) is 0. The van der Waals surface area contributed by atoms with Gasteiger partial charge < -0.3 is 10.2 Å². The van der Waals surface area contributed by atoms with Crippen molar-refractivity contribution >= 4 is 53.2 Å². The second-order valence-corrected chi connectivity index (χ2v) is 15.5.